The van der Waals surface area contributed by atoms with Crippen LogP contribution >= 0.6 is 23.1 Å². The van der Waals surface area contributed by atoms with Gasteiger partial charge in [0.25, 0.3) is 0 Å². The average molecular weight is 430 g/mol. The van der Waals surface area contributed by atoms with Crippen molar-refractivity contribution in [3.05, 3.63) is 47.2 Å². The topological polar surface area (TPSA) is 63.8 Å². The molecule has 1 N–H and O–H groups in total. The van der Waals surface area contributed by atoms with E-state index in [2.05, 4.69) is 4.98 Å². The Morgan fingerprint density at radius 1 is 1.36 bits per heavy atom. The Kier molecular flexibility index (Phi) is 5.74. The molecule has 0 aliphatic heterocycles. The van der Waals surface area contributed by atoms with Gasteiger partial charge in [-0.15, -0.1) is 11.3 Å². The van der Waals surface area contributed by atoms with E-state index in [0.29, 0.717) is 9.90 Å². The summed E-state index contributed by atoms with van der Waals surface area (Å²) in [7, 11) is 0. The van der Waals surface area contributed by atoms with E-state index in [1.165, 1.54) is 18.7 Å². The number of pyridine rings is 1. The second-order valence-corrected chi connectivity index (χ2v) is 8.30. The molecular weight excluding hydrogens is 413 g/mol. The first kappa shape index (κ1) is 20.7. The number of hydrogen-bond donors (Lipinski definition) is 1. The lowest BCUT2D eigenvalue weighted by atomic mass is 9.99. The van der Waals surface area contributed by atoms with Gasteiger partial charge in [0.1, 0.15) is 0 Å². The molecule has 0 saturated heterocycles. The standard InChI is InChI=1S/C18H17F3N2O3S2/c1-3-17(25,18(19,20)21)14-9-22-16(28-14)27-13-5-6-23-10-11(7-12(23)8-13)15(24)26-4-2/h5-10,25H,3-4H2,1-2H3. The molecular formula is C18H17F3N2O3S2. The fraction of sp³-hybridized carbons (Fsp3) is 0.333. The van der Waals surface area contributed by atoms with Crippen molar-refractivity contribution in [2.24, 2.45) is 0 Å². The first-order valence-corrected chi connectivity index (χ1v) is 10.0. The van der Waals surface area contributed by atoms with E-state index in [0.717, 1.165) is 27.9 Å². The minimum Gasteiger partial charge on any atom is -0.462 e. The molecule has 150 valence electrons. The fourth-order valence-electron chi connectivity index (χ4n) is 2.59. The molecule has 0 aliphatic rings. The minimum absolute atomic E-state index is 0.238. The molecule has 0 saturated carbocycles. The molecule has 1 atom stereocenters. The van der Waals surface area contributed by atoms with Crippen LogP contribution in [0.15, 0.2) is 46.0 Å². The van der Waals surface area contributed by atoms with Gasteiger partial charge in [0.2, 0.25) is 0 Å². The van der Waals surface area contributed by atoms with Crippen molar-refractivity contribution >= 4 is 34.6 Å². The van der Waals surface area contributed by atoms with Crippen LogP contribution in [0, 0.1) is 0 Å². The van der Waals surface area contributed by atoms with Gasteiger partial charge in [0.15, 0.2) is 9.94 Å². The summed E-state index contributed by atoms with van der Waals surface area (Å²) in [5, 5.41) is 10.0. The fourth-order valence-corrected chi connectivity index (χ4v) is 4.76. The summed E-state index contributed by atoms with van der Waals surface area (Å²) < 4.78 is 46.7. The summed E-state index contributed by atoms with van der Waals surface area (Å²) >= 11 is 2.00. The van der Waals surface area contributed by atoms with Gasteiger partial charge in [-0.3, -0.25) is 0 Å². The number of hydrogen-bond acceptors (Lipinski definition) is 6. The molecule has 0 radical (unpaired) electrons. The molecule has 0 fully saturated rings. The van der Waals surface area contributed by atoms with Crippen molar-refractivity contribution in [1.29, 1.82) is 0 Å². The smallest absolute Gasteiger partial charge is 0.422 e. The predicted molar refractivity (Wildman–Crippen MR) is 99.8 cm³/mol. The van der Waals surface area contributed by atoms with Crippen molar-refractivity contribution in [2.45, 2.75) is 41.3 Å². The number of halogens is 3. The zero-order valence-electron chi connectivity index (χ0n) is 15.0. The molecule has 0 spiro atoms. The first-order chi connectivity index (χ1) is 13.2. The van der Waals surface area contributed by atoms with Gasteiger partial charge in [-0.05, 0) is 31.5 Å². The van der Waals surface area contributed by atoms with Crippen molar-refractivity contribution in [3.63, 3.8) is 0 Å². The number of aromatic nitrogens is 2. The van der Waals surface area contributed by atoms with Crippen molar-refractivity contribution < 1.29 is 27.8 Å². The lowest BCUT2D eigenvalue weighted by molar-refractivity contribution is -0.266. The Bertz CT molecular complexity index is 1000. The van der Waals surface area contributed by atoms with Crippen LogP contribution in [0.25, 0.3) is 5.52 Å². The quantitative estimate of drug-likeness (QED) is 0.565. The SMILES string of the molecule is CCOC(=O)c1cc2cc(Sc3ncc(C(O)(CC)C(F)(F)F)s3)ccn2c1. The van der Waals surface area contributed by atoms with Crippen LogP contribution < -0.4 is 0 Å². The molecule has 0 bridgehead atoms. The third-order valence-corrected chi connectivity index (χ3v) is 6.37. The van der Waals surface area contributed by atoms with Crippen molar-refractivity contribution in [2.75, 3.05) is 6.61 Å². The van der Waals surface area contributed by atoms with Crippen molar-refractivity contribution in [3.8, 4) is 0 Å². The maximum absolute atomic E-state index is 13.2. The van der Waals surface area contributed by atoms with E-state index in [1.54, 1.807) is 41.9 Å². The number of thiazole rings is 1. The molecule has 0 aliphatic carbocycles. The van der Waals surface area contributed by atoms with E-state index in [1.807, 2.05) is 0 Å². The summed E-state index contributed by atoms with van der Waals surface area (Å²) in [6.45, 7) is 3.28. The van der Waals surface area contributed by atoms with Crippen molar-refractivity contribution in [1.82, 2.24) is 9.38 Å². The highest BCUT2D eigenvalue weighted by Gasteiger charge is 2.54. The number of carbonyl (C=O) groups is 1. The van der Waals surface area contributed by atoms with E-state index in [9.17, 15) is 23.1 Å². The highest BCUT2D eigenvalue weighted by atomic mass is 32.2. The Labute approximate surface area is 167 Å². The number of alkyl halides is 3. The number of ether oxygens (including phenoxy) is 1. The Morgan fingerprint density at radius 3 is 2.75 bits per heavy atom. The normalized spacial score (nSPS) is 14.2. The molecule has 5 nitrogen and oxygen atoms in total. The number of nitrogens with zero attached hydrogens (tertiary/aromatic N) is 2. The third-order valence-electron chi connectivity index (χ3n) is 4.16. The van der Waals surface area contributed by atoms with Gasteiger partial charge in [-0.2, -0.15) is 13.2 Å². The lowest BCUT2D eigenvalue weighted by Crippen LogP contribution is -2.40. The van der Waals surface area contributed by atoms with Crippen LogP contribution in [0.1, 0.15) is 35.5 Å². The van der Waals surface area contributed by atoms with Crippen LogP contribution in [0.2, 0.25) is 0 Å². The zero-order chi connectivity index (χ0) is 20.5. The Morgan fingerprint density at radius 2 is 2.11 bits per heavy atom. The summed E-state index contributed by atoms with van der Waals surface area (Å²) in [5.41, 5.74) is -1.74. The third kappa shape index (κ3) is 3.89. The largest absolute Gasteiger partial charge is 0.462 e. The van der Waals surface area contributed by atoms with Gasteiger partial charge in [0, 0.05) is 29.0 Å². The molecule has 3 heterocycles. The maximum Gasteiger partial charge on any atom is 0.422 e. The Hall–Kier alpha value is -2.04. The van der Waals surface area contributed by atoms with Crippen LogP contribution in [0.5, 0.6) is 0 Å². The second-order valence-electron chi connectivity index (χ2n) is 5.95. The lowest BCUT2D eigenvalue weighted by Gasteiger charge is -2.27. The Balaban J connectivity index is 1.83. The molecule has 0 aromatic carbocycles. The number of esters is 1. The molecule has 3 rings (SSSR count). The van der Waals surface area contributed by atoms with Gasteiger partial charge in [-0.25, -0.2) is 9.78 Å². The van der Waals surface area contributed by atoms with E-state index in [4.69, 9.17) is 4.74 Å². The highest BCUT2D eigenvalue weighted by Crippen LogP contribution is 2.45. The van der Waals surface area contributed by atoms with Crippen LogP contribution in [0.4, 0.5) is 13.2 Å². The molecule has 1 unspecified atom stereocenters. The predicted octanol–water partition coefficient (Wildman–Crippen LogP) is 4.88. The summed E-state index contributed by atoms with van der Waals surface area (Å²) in [6.07, 6.45) is -0.806. The van der Waals surface area contributed by atoms with Gasteiger partial charge < -0.3 is 14.2 Å². The zero-order valence-corrected chi connectivity index (χ0v) is 16.6. The number of aliphatic hydroxyl groups is 1. The van der Waals surface area contributed by atoms with Gasteiger partial charge in [-0.1, -0.05) is 18.7 Å². The highest BCUT2D eigenvalue weighted by molar-refractivity contribution is 8.01. The van der Waals surface area contributed by atoms with Crippen LogP contribution in [0.3, 0.4) is 0 Å². The van der Waals surface area contributed by atoms with Crippen LogP contribution in [-0.2, 0) is 10.3 Å². The van der Waals surface area contributed by atoms with E-state index in [-0.39, 0.29) is 11.5 Å². The number of carbonyl (C=O) groups excluding carboxylic acids is 1. The summed E-state index contributed by atoms with van der Waals surface area (Å²) in [5.74, 6) is -0.420. The first-order valence-electron chi connectivity index (χ1n) is 8.40. The molecule has 3 aromatic heterocycles. The molecule has 10 heteroatoms. The molecule has 3 aromatic rings. The minimum atomic E-state index is -4.77. The maximum atomic E-state index is 13.2. The van der Waals surface area contributed by atoms with Gasteiger partial charge >= 0.3 is 12.1 Å². The monoisotopic (exact) mass is 430 g/mol. The number of rotatable bonds is 6. The van der Waals surface area contributed by atoms with Crippen LogP contribution in [-0.4, -0.2) is 33.2 Å². The van der Waals surface area contributed by atoms with Gasteiger partial charge in [0.05, 0.1) is 17.0 Å². The summed E-state index contributed by atoms with van der Waals surface area (Å²) in [4.78, 5) is 16.4. The second kappa shape index (κ2) is 7.76. The van der Waals surface area contributed by atoms with E-state index >= 15 is 0 Å². The average Bonchev–Trinajstić information content (AvgIpc) is 3.27. The molecule has 28 heavy (non-hydrogen) atoms. The van der Waals surface area contributed by atoms with E-state index < -0.39 is 24.2 Å². The number of fused-ring (bicyclic) bond motifs is 1. The summed E-state index contributed by atoms with van der Waals surface area (Å²) in [6, 6.07) is 5.24. The molecule has 0 amide bonds.